The average Bonchev–Trinajstić information content (AvgIpc) is 3.62. The van der Waals surface area contributed by atoms with E-state index >= 15 is 0 Å². The summed E-state index contributed by atoms with van der Waals surface area (Å²) in [5.41, 5.74) is 14.9. The van der Waals surface area contributed by atoms with Crippen LogP contribution in [-0.2, 0) is 31.9 Å². The molecule has 1 N–H and O–H groups in total. The Morgan fingerprint density at radius 1 is 0.607 bits per heavy atom. The van der Waals surface area contributed by atoms with Crippen LogP contribution in [0.15, 0.2) is 140 Å². The van der Waals surface area contributed by atoms with Crippen LogP contribution in [0.4, 0.5) is 0 Å². The quantitative estimate of drug-likeness (QED) is 0.154. The maximum absolute atomic E-state index is 11.3. The molecule has 8 aromatic rings. The zero-order chi connectivity index (χ0) is 44.4. The third kappa shape index (κ3) is 8.66. The molecule has 0 aliphatic carbocycles. The molecule has 2 heterocycles. The summed E-state index contributed by atoms with van der Waals surface area (Å²) in [7, 11) is 0. The molecule has 0 atom stereocenters. The van der Waals surface area contributed by atoms with Crippen LogP contribution in [-0.4, -0.2) is 19.6 Å². The van der Waals surface area contributed by atoms with Gasteiger partial charge in [-0.3, -0.25) is 9.55 Å². The Balaban J connectivity index is 0.00000595. The Bertz CT molecular complexity index is 2910. The zero-order valence-corrected chi connectivity index (χ0v) is 39.2. The maximum Gasteiger partial charge on any atom is 0.148 e. The van der Waals surface area contributed by atoms with E-state index in [2.05, 4.69) is 143 Å². The summed E-state index contributed by atoms with van der Waals surface area (Å²) in [4.78, 5) is 10.2. The molecule has 312 valence electrons. The topological polar surface area (TPSA) is 50.9 Å². The fourth-order valence-corrected chi connectivity index (χ4v) is 8.10. The standard InChI is InChI=1S/C56H56N3O.Pt/c1-35(2)45-16-13-17-46(36(3)4)52(45)38-23-27-44(28-24-38)59-50-19-14-18-47(53(50)58-54(59)48-15-11-12-20-51(48)60)40-31-41(33-43(32-40)56(8,9)10)49-34-39(29-30-57-49)37-21-25-42(26-22-37)55(5,6)7;/h11-30,32-36,60H,1-10H3;/q-1;/i35D,36D;. The first-order valence-corrected chi connectivity index (χ1v) is 20.9. The molecule has 0 spiro atoms. The minimum Gasteiger partial charge on any atom is -0.507 e. The first kappa shape index (κ1) is 40.8. The number of nitrogens with zero attached hydrogens (tertiary/aromatic N) is 3. The van der Waals surface area contributed by atoms with Crippen molar-refractivity contribution in [1.82, 2.24) is 14.5 Å². The van der Waals surface area contributed by atoms with Crippen molar-refractivity contribution >= 4 is 11.0 Å². The molecule has 0 aliphatic rings. The molecular weight excluding hydrogens is 926 g/mol. The normalized spacial score (nSPS) is 12.8. The second-order valence-electron chi connectivity index (χ2n) is 18.4. The maximum atomic E-state index is 11.3. The van der Waals surface area contributed by atoms with Crippen molar-refractivity contribution in [2.45, 2.75) is 91.9 Å². The van der Waals surface area contributed by atoms with E-state index in [1.54, 1.807) is 6.07 Å². The van der Waals surface area contributed by atoms with Gasteiger partial charge in [-0.2, -0.15) is 0 Å². The molecule has 0 unspecified atom stereocenters. The predicted molar refractivity (Wildman–Crippen MR) is 252 cm³/mol. The number of phenolic OH excluding ortho intramolecular Hbond substituents is 1. The number of hydrogen-bond donors (Lipinski definition) is 1. The molecule has 0 aliphatic heterocycles. The van der Waals surface area contributed by atoms with Crippen molar-refractivity contribution in [3.63, 3.8) is 0 Å². The summed E-state index contributed by atoms with van der Waals surface area (Å²) >= 11 is 0. The molecular formula is C56H56N3OPt-. The number of pyridine rings is 1. The van der Waals surface area contributed by atoms with Gasteiger partial charge in [0.05, 0.1) is 16.6 Å². The minimum absolute atomic E-state index is 0. The van der Waals surface area contributed by atoms with Crippen molar-refractivity contribution in [2.24, 2.45) is 0 Å². The fraction of sp³-hybridized carbons (Fsp3) is 0.250. The number of rotatable bonds is 8. The van der Waals surface area contributed by atoms with Crippen molar-refractivity contribution in [3.05, 3.63) is 168 Å². The SMILES string of the molecule is [2H]C(C)(C)c1cccc(C([2H])(C)C)c1-c1ccc(-n2c(-c3ccccc3O)nc3c(-c4[c-]c(-c5cc(-c6ccc(C(C)(C)C)cc6)ccn5)cc(C(C)(C)C)c4)cccc32)cc1.[Pt]. The van der Waals surface area contributed by atoms with Gasteiger partial charge in [0.25, 0.3) is 0 Å². The van der Waals surface area contributed by atoms with E-state index in [0.717, 1.165) is 78.0 Å². The summed E-state index contributed by atoms with van der Waals surface area (Å²) in [6, 6.07) is 49.1. The first-order chi connectivity index (χ1) is 29.2. The van der Waals surface area contributed by atoms with E-state index in [0.29, 0.717) is 11.4 Å². The molecule has 0 bridgehead atoms. The summed E-state index contributed by atoms with van der Waals surface area (Å²) in [6.45, 7) is 21.0. The molecule has 5 heteroatoms. The van der Waals surface area contributed by atoms with Crippen LogP contribution < -0.4 is 0 Å². The largest absolute Gasteiger partial charge is 0.507 e. The molecule has 4 nitrogen and oxygen atoms in total. The number of hydrogen-bond acceptors (Lipinski definition) is 3. The summed E-state index contributed by atoms with van der Waals surface area (Å²) in [5, 5.41) is 11.3. The van der Waals surface area contributed by atoms with E-state index in [-0.39, 0.29) is 37.6 Å². The zero-order valence-electron chi connectivity index (χ0n) is 38.9. The second kappa shape index (κ2) is 17.1. The van der Waals surface area contributed by atoms with Crippen molar-refractivity contribution in [1.29, 1.82) is 0 Å². The Kier molecular flexibility index (Phi) is 11.4. The van der Waals surface area contributed by atoms with Crippen LogP contribution in [0.2, 0.25) is 0 Å². The Hall–Kier alpha value is -5.57. The van der Waals surface area contributed by atoms with Crippen LogP contribution >= 0.6 is 0 Å². The Morgan fingerprint density at radius 2 is 1.20 bits per heavy atom. The van der Waals surface area contributed by atoms with E-state index in [1.165, 1.54) is 5.56 Å². The van der Waals surface area contributed by atoms with Crippen LogP contribution in [0.25, 0.3) is 72.7 Å². The van der Waals surface area contributed by atoms with Gasteiger partial charge in [-0.05, 0) is 98.0 Å². The third-order valence-corrected chi connectivity index (χ3v) is 11.5. The van der Waals surface area contributed by atoms with Crippen LogP contribution in [0.3, 0.4) is 0 Å². The molecule has 0 amide bonds. The van der Waals surface area contributed by atoms with Crippen molar-refractivity contribution in [3.8, 4) is 67.5 Å². The smallest absolute Gasteiger partial charge is 0.148 e. The third-order valence-electron chi connectivity index (χ3n) is 11.5. The monoisotopic (exact) mass is 983 g/mol. The van der Waals surface area contributed by atoms with E-state index in [4.69, 9.17) is 12.7 Å². The molecule has 0 saturated carbocycles. The van der Waals surface area contributed by atoms with E-state index in [1.807, 2.05) is 70.3 Å². The van der Waals surface area contributed by atoms with Gasteiger partial charge in [0.2, 0.25) is 0 Å². The number of phenols is 1. The van der Waals surface area contributed by atoms with Crippen molar-refractivity contribution < 1.29 is 28.9 Å². The Labute approximate surface area is 379 Å². The average molecular weight is 984 g/mol. The molecule has 0 radical (unpaired) electrons. The van der Waals surface area contributed by atoms with Gasteiger partial charge in [0, 0.05) is 41.4 Å². The van der Waals surface area contributed by atoms with Crippen LogP contribution in [0.5, 0.6) is 5.75 Å². The first-order valence-electron chi connectivity index (χ1n) is 21.9. The molecule has 6 aromatic carbocycles. The van der Waals surface area contributed by atoms with E-state index < -0.39 is 11.8 Å². The molecule has 0 fully saturated rings. The summed E-state index contributed by atoms with van der Waals surface area (Å²) < 4.78 is 20.1. The second-order valence-corrected chi connectivity index (χ2v) is 18.4. The van der Waals surface area contributed by atoms with Crippen molar-refractivity contribution in [2.75, 3.05) is 0 Å². The molecule has 61 heavy (non-hydrogen) atoms. The number of aromatic hydroxyl groups is 1. The van der Waals surface area contributed by atoms with Gasteiger partial charge in [-0.25, -0.2) is 4.98 Å². The summed E-state index contributed by atoms with van der Waals surface area (Å²) in [5.74, 6) is -0.998. The van der Waals surface area contributed by atoms with E-state index in [9.17, 15) is 5.11 Å². The number of para-hydroxylation sites is 2. The number of fused-ring (bicyclic) bond motifs is 1. The molecule has 8 rings (SSSR count). The van der Waals surface area contributed by atoms with Gasteiger partial charge >= 0.3 is 0 Å². The van der Waals surface area contributed by atoms with Gasteiger partial charge in [0.15, 0.2) is 0 Å². The number of imidazole rings is 1. The molecule has 2 aromatic heterocycles. The van der Waals surface area contributed by atoms with Gasteiger partial charge in [0.1, 0.15) is 11.6 Å². The number of aromatic nitrogens is 3. The molecule has 0 saturated heterocycles. The van der Waals surface area contributed by atoms with Crippen LogP contribution in [0.1, 0.15) is 106 Å². The number of benzene rings is 6. The van der Waals surface area contributed by atoms with Gasteiger partial charge in [-0.15, -0.1) is 29.3 Å². The Morgan fingerprint density at radius 3 is 1.82 bits per heavy atom. The van der Waals surface area contributed by atoms with Crippen LogP contribution in [0, 0.1) is 6.07 Å². The van der Waals surface area contributed by atoms with Gasteiger partial charge in [-0.1, -0.05) is 165 Å². The predicted octanol–water partition coefficient (Wildman–Crippen LogP) is 15.1. The van der Waals surface area contributed by atoms with Gasteiger partial charge < -0.3 is 5.11 Å². The summed E-state index contributed by atoms with van der Waals surface area (Å²) in [6.07, 6.45) is 1.88. The minimum atomic E-state index is -0.872. The fourth-order valence-electron chi connectivity index (χ4n) is 8.10.